The summed E-state index contributed by atoms with van der Waals surface area (Å²) >= 11 is 13.5. The molecule has 0 aliphatic carbocycles. The van der Waals surface area contributed by atoms with E-state index in [1.807, 2.05) is 31.2 Å². The Labute approximate surface area is 190 Å². The maximum atomic E-state index is 12.9. The zero-order chi connectivity index (χ0) is 21.7. The van der Waals surface area contributed by atoms with Crippen LogP contribution in [0.25, 0.3) is 0 Å². The van der Waals surface area contributed by atoms with E-state index in [2.05, 4.69) is 5.32 Å². The highest BCUT2D eigenvalue weighted by Gasteiger charge is 2.28. The van der Waals surface area contributed by atoms with Crippen molar-refractivity contribution >= 4 is 56.6 Å². The lowest BCUT2D eigenvalue weighted by atomic mass is 10.2. The van der Waals surface area contributed by atoms with E-state index in [0.29, 0.717) is 23.9 Å². The summed E-state index contributed by atoms with van der Waals surface area (Å²) in [4.78, 5) is 12.4. The van der Waals surface area contributed by atoms with E-state index in [0.717, 1.165) is 5.56 Å². The molecule has 1 N–H and O–H groups in total. The van der Waals surface area contributed by atoms with Crippen molar-refractivity contribution in [3.63, 3.8) is 0 Å². The molecule has 0 spiro atoms. The summed E-state index contributed by atoms with van der Waals surface area (Å²) in [6, 6.07) is 12.0. The van der Waals surface area contributed by atoms with Crippen molar-refractivity contribution < 1.29 is 17.9 Å². The van der Waals surface area contributed by atoms with Crippen molar-refractivity contribution in [1.29, 1.82) is 0 Å². The number of rotatable bonds is 7. The summed E-state index contributed by atoms with van der Waals surface area (Å²) in [7, 11) is -3.76. The van der Waals surface area contributed by atoms with Gasteiger partial charge in [-0.15, -0.1) is 11.8 Å². The van der Waals surface area contributed by atoms with Gasteiger partial charge >= 0.3 is 0 Å². The van der Waals surface area contributed by atoms with Gasteiger partial charge in [0.2, 0.25) is 15.9 Å². The number of nitrogens with one attached hydrogen (secondary N) is 1. The molecular formula is C20H22Cl2N2O4S2. The molecule has 6 nitrogen and oxygen atoms in total. The lowest BCUT2D eigenvalue weighted by Crippen LogP contribution is -2.40. The summed E-state index contributed by atoms with van der Waals surface area (Å²) in [5, 5.41) is 3.64. The first kappa shape index (κ1) is 23.4. The average Bonchev–Trinajstić information content (AvgIpc) is 2.74. The fourth-order valence-electron chi connectivity index (χ4n) is 2.93. The molecule has 1 fully saturated rings. The number of anilines is 1. The smallest absolute Gasteiger partial charge is 0.244 e. The Kier molecular flexibility index (Phi) is 8.06. The second-order valence-electron chi connectivity index (χ2n) is 6.71. The van der Waals surface area contributed by atoms with E-state index < -0.39 is 10.0 Å². The molecule has 162 valence electrons. The van der Waals surface area contributed by atoms with Crippen molar-refractivity contribution in [2.75, 3.05) is 37.4 Å². The van der Waals surface area contributed by atoms with E-state index in [1.165, 1.54) is 28.2 Å². The van der Waals surface area contributed by atoms with Crippen molar-refractivity contribution in [3.8, 4) is 0 Å². The summed E-state index contributed by atoms with van der Waals surface area (Å²) in [6.45, 7) is 3.24. The van der Waals surface area contributed by atoms with E-state index >= 15 is 0 Å². The molecule has 2 aromatic rings. The van der Waals surface area contributed by atoms with Gasteiger partial charge < -0.3 is 10.1 Å². The molecule has 1 unspecified atom stereocenters. The van der Waals surface area contributed by atoms with Crippen LogP contribution in [0.15, 0.2) is 47.4 Å². The molecule has 10 heteroatoms. The monoisotopic (exact) mass is 488 g/mol. The van der Waals surface area contributed by atoms with E-state index in [9.17, 15) is 13.2 Å². The second kappa shape index (κ2) is 10.3. The number of benzene rings is 2. The predicted octanol–water partition coefficient (Wildman–Crippen LogP) is 4.45. The SMILES string of the molecule is CC(SCC(=O)Nc1ccc(Cl)c(S(=O)(=O)N2CCOCC2)c1)c1ccc(Cl)cc1. The summed E-state index contributed by atoms with van der Waals surface area (Å²) in [5.41, 5.74) is 1.46. The van der Waals surface area contributed by atoms with Crippen LogP contribution in [-0.4, -0.2) is 50.7 Å². The normalized spacial score (nSPS) is 16.2. The van der Waals surface area contributed by atoms with Gasteiger partial charge in [-0.2, -0.15) is 4.31 Å². The third-order valence-electron chi connectivity index (χ3n) is 4.61. The molecular weight excluding hydrogens is 467 g/mol. The van der Waals surface area contributed by atoms with E-state index in [4.69, 9.17) is 27.9 Å². The minimum atomic E-state index is -3.76. The summed E-state index contributed by atoms with van der Waals surface area (Å²) in [5.74, 6) is -0.00400. The average molecular weight is 489 g/mol. The molecule has 0 saturated carbocycles. The minimum absolute atomic E-state index is 0.0222. The third kappa shape index (κ3) is 5.90. The quantitative estimate of drug-likeness (QED) is 0.622. The number of halogens is 2. The standard InChI is InChI=1S/C20H22Cl2N2O4S2/c1-14(15-2-4-16(21)5-3-15)29-13-20(25)23-17-6-7-18(22)19(12-17)30(26,27)24-8-10-28-11-9-24/h2-7,12,14H,8-11,13H2,1H3,(H,23,25). The maximum Gasteiger partial charge on any atom is 0.244 e. The molecule has 1 atom stereocenters. The lowest BCUT2D eigenvalue weighted by Gasteiger charge is -2.26. The predicted molar refractivity (Wildman–Crippen MR) is 122 cm³/mol. The first-order valence-electron chi connectivity index (χ1n) is 9.32. The van der Waals surface area contributed by atoms with Gasteiger partial charge in [-0.05, 0) is 42.8 Å². The van der Waals surface area contributed by atoms with Crippen LogP contribution < -0.4 is 5.32 Å². The Balaban J connectivity index is 1.64. The van der Waals surface area contributed by atoms with Gasteiger partial charge in [0.25, 0.3) is 0 Å². The topological polar surface area (TPSA) is 75.7 Å². The van der Waals surface area contributed by atoms with Gasteiger partial charge in [0.05, 0.1) is 24.0 Å². The Bertz CT molecular complexity index is 994. The van der Waals surface area contributed by atoms with Gasteiger partial charge in [0.15, 0.2) is 0 Å². The van der Waals surface area contributed by atoms with Crippen molar-refractivity contribution in [2.24, 2.45) is 0 Å². The maximum absolute atomic E-state index is 12.9. The van der Waals surface area contributed by atoms with Gasteiger partial charge in [-0.25, -0.2) is 8.42 Å². The van der Waals surface area contributed by atoms with E-state index in [-0.39, 0.29) is 39.9 Å². The highest BCUT2D eigenvalue weighted by atomic mass is 35.5. The van der Waals surface area contributed by atoms with Crippen LogP contribution >= 0.6 is 35.0 Å². The van der Waals surface area contributed by atoms with Gasteiger partial charge in [0.1, 0.15) is 4.90 Å². The molecule has 1 aliphatic rings. The Morgan fingerprint density at radius 2 is 1.83 bits per heavy atom. The van der Waals surface area contributed by atoms with Crippen LogP contribution in [0, 0.1) is 0 Å². The largest absolute Gasteiger partial charge is 0.379 e. The zero-order valence-corrected chi connectivity index (χ0v) is 19.5. The first-order valence-corrected chi connectivity index (χ1v) is 12.6. The summed E-state index contributed by atoms with van der Waals surface area (Å²) in [6.07, 6.45) is 0. The van der Waals surface area contributed by atoms with Gasteiger partial charge in [-0.1, -0.05) is 35.3 Å². The Morgan fingerprint density at radius 3 is 2.50 bits per heavy atom. The summed E-state index contributed by atoms with van der Waals surface area (Å²) < 4.78 is 32.4. The van der Waals surface area contributed by atoms with Crippen LogP contribution in [0.4, 0.5) is 5.69 Å². The van der Waals surface area contributed by atoms with Gasteiger partial charge in [0, 0.05) is 29.0 Å². The molecule has 1 amide bonds. The van der Waals surface area contributed by atoms with Crippen LogP contribution in [0.5, 0.6) is 0 Å². The molecule has 3 rings (SSSR count). The molecule has 30 heavy (non-hydrogen) atoms. The van der Waals surface area contributed by atoms with Crippen LogP contribution in [0.3, 0.4) is 0 Å². The number of hydrogen-bond donors (Lipinski definition) is 1. The Hall–Kier alpha value is -1.29. The van der Waals surface area contributed by atoms with Crippen molar-refractivity contribution in [1.82, 2.24) is 4.31 Å². The molecule has 2 aromatic carbocycles. The number of morpholine rings is 1. The number of sulfonamides is 1. The third-order valence-corrected chi connectivity index (χ3v) is 8.44. The number of ether oxygens (including phenoxy) is 1. The Morgan fingerprint density at radius 1 is 1.17 bits per heavy atom. The van der Waals surface area contributed by atoms with Crippen molar-refractivity contribution in [2.45, 2.75) is 17.1 Å². The number of thioether (sulfide) groups is 1. The molecule has 1 heterocycles. The molecule has 0 radical (unpaired) electrons. The van der Waals surface area contributed by atoms with Crippen LogP contribution in [0.1, 0.15) is 17.7 Å². The van der Waals surface area contributed by atoms with E-state index in [1.54, 1.807) is 6.07 Å². The highest BCUT2D eigenvalue weighted by Crippen LogP contribution is 2.30. The molecule has 0 aromatic heterocycles. The minimum Gasteiger partial charge on any atom is -0.379 e. The molecule has 0 bridgehead atoms. The number of carbonyl (C=O) groups excluding carboxylic acids is 1. The lowest BCUT2D eigenvalue weighted by molar-refractivity contribution is -0.113. The number of hydrogen-bond acceptors (Lipinski definition) is 5. The number of amides is 1. The zero-order valence-electron chi connectivity index (χ0n) is 16.3. The first-order chi connectivity index (χ1) is 14.3. The van der Waals surface area contributed by atoms with Crippen molar-refractivity contribution in [3.05, 3.63) is 58.1 Å². The fraction of sp³-hybridized carbons (Fsp3) is 0.350. The molecule has 1 aliphatic heterocycles. The van der Waals surface area contributed by atoms with Crippen LogP contribution in [0.2, 0.25) is 10.0 Å². The second-order valence-corrected chi connectivity index (χ2v) is 10.8. The highest BCUT2D eigenvalue weighted by molar-refractivity contribution is 8.00. The number of nitrogens with zero attached hydrogens (tertiary/aromatic N) is 1. The van der Waals surface area contributed by atoms with Crippen LogP contribution in [-0.2, 0) is 19.6 Å². The van der Waals surface area contributed by atoms with Gasteiger partial charge in [-0.3, -0.25) is 4.79 Å². The molecule has 1 saturated heterocycles. The fourth-order valence-corrected chi connectivity index (χ4v) is 5.79. The number of carbonyl (C=O) groups is 1.